The lowest BCUT2D eigenvalue weighted by molar-refractivity contribution is -0.0715. The van der Waals surface area contributed by atoms with Crippen molar-refractivity contribution < 1.29 is 0 Å². The van der Waals surface area contributed by atoms with Crippen LogP contribution >= 0.6 is 0 Å². The highest BCUT2D eigenvalue weighted by Crippen LogP contribution is 2.60. The highest BCUT2D eigenvalue weighted by molar-refractivity contribution is 5.00. The second-order valence-corrected chi connectivity index (χ2v) is 8.56. The molecule has 0 aromatic heterocycles. The molecule has 0 aliphatic carbocycles. The van der Waals surface area contributed by atoms with Crippen LogP contribution in [0.1, 0.15) is 107 Å². The van der Waals surface area contributed by atoms with Crippen LogP contribution < -0.4 is 0 Å². The zero-order chi connectivity index (χ0) is 16.0. The summed E-state index contributed by atoms with van der Waals surface area (Å²) in [6.45, 7) is 22.1. The first-order chi connectivity index (χ1) is 9.10. The lowest BCUT2D eigenvalue weighted by atomic mass is 9.48. The second-order valence-electron chi connectivity index (χ2n) is 8.56. The van der Waals surface area contributed by atoms with Crippen molar-refractivity contribution in [2.24, 2.45) is 22.2 Å². The van der Waals surface area contributed by atoms with Crippen LogP contribution in [0, 0.1) is 22.2 Å². The Morgan fingerprint density at radius 2 is 1.25 bits per heavy atom. The van der Waals surface area contributed by atoms with Crippen molar-refractivity contribution in [3.8, 4) is 0 Å². The zero-order valence-electron chi connectivity index (χ0n) is 16.0. The molecule has 0 amide bonds. The van der Waals surface area contributed by atoms with Gasteiger partial charge in [0.1, 0.15) is 0 Å². The summed E-state index contributed by atoms with van der Waals surface area (Å²) in [5, 5.41) is 0. The molecule has 0 heterocycles. The fraction of sp³-hybridized carbons (Fsp3) is 1.00. The van der Waals surface area contributed by atoms with E-state index in [9.17, 15) is 0 Å². The lowest BCUT2D eigenvalue weighted by Crippen LogP contribution is -2.48. The van der Waals surface area contributed by atoms with E-state index < -0.39 is 0 Å². The van der Waals surface area contributed by atoms with E-state index in [1.807, 2.05) is 0 Å². The molecule has 0 bridgehead atoms. The maximum Gasteiger partial charge on any atom is -0.0221 e. The van der Waals surface area contributed by atoms with Gasteiger partial charge in [0.25, 0.3) is 0 Å². The largest absolute Gasteiger partial charge is 0.0654 e. The molecule has 0 rings (SSSR count). The van der Waals surface area contributed by atoms with E-state index in [1.54, 1.807) is 0 Å². The minimum Gasteiger partial charge on any atom is -0.0654 e. The quantitative estimate of drug-likeness (QED) is 0.390. The SMILES string of the molecule is CCCC(C)(C)C(C)(CCC(C)C)C(C)(CC)CCC. The molecule has 0 saturated carbocycles. The van der Waals surface area contributed by atoms with Gasteiger partial charge in [-0.15, -0.1) is 0 Å². The fourth-order valence-corrected chi connectivity index (χ4v) is 4.33. The highest BCUT2D eigenvalue weighted by Gasteiger charge is 2.50. The second kappa shape index (κ2) is 7.85. The Bertz CT molecular complexity index is 263. The summed E-state index contributed by atoms with van der Waals surface area (Å²) in [6.07, 6.45) is 9.37. The van der Waals surface area contributed by atoms with Gasteiger partial charge in [-0.25, -0.2) is 0 Å². The summed E-state index contributed by atoms with van der Waals surface area (Å²) >= 11 is 0. The third-order valence-corrected chi connectivity index (χ3v) is 6.50. The number of rotatable bonds is 10. The van der Waals surface area contributed by atoms with Crippen LogP contribution in [0.3, 0.4) is 0 Å². The smallest absolute Gasteiger partial charge is 0.0221 e. The van der Waals surface area contributed by atoms with E-state index in [2.05, 4.69) is 62.3 Å². The predicted octanol–water partition coefficient (Wildman–Crippen LogP) is 7.47. The van der Waals surface area contributed by atoms with Crippen molar-refractivity contribution in [1.82, 2.24) is 0 Å². The molecular weight excluding hydrogens is 240 g/mol. The third-order valence-electron chi connectivity index (χ3n) is 6.50. The van der Waals surface area contributed by atoms with Gasteiger partial charge in [-0.1, -0.05) is 88.0 Å². The fourth-order valence-electron chi connectivity index (χ4n) is 4.33. The molecule has 0 aliphatic heterocycles. The van der Waals surface area contributed by atoms with Gasteiger partial charge in [-0.05, 0) is 41.4 Å². The predicted molar refractivity (Wildman–Crippen MR) is 94.2 cm³/mol. The molecule has 0 nitrogen and oxygen atoms in total. The average molecular weight is 283 g/mol. The van der Waals surface area contributed by atoms with Gasteiger partial charge in [0.05, 0.1) is 0 Å². The van der Waals surface area contributed by atoms with E-state index in [1.165, 1.54) is 44.9 Å². The normalized spacial score (nSPS) is 18.9. The summed E-state index contributed by atoms with van der Waals surface area (Å²) < 4.78 is 0. The summed E-state index contributed by atoms with van der Waals surface area (Å²) in [6, 6.07) is 0. The molecule has 0 radical (unpaired) electrons. The molecule has 0 fully saturated rings. The molecule has 0 aromatic rings. The molecule has 0 N–H and O–H groups in total. The molecule has 20 heavy (non-hydrogen) atoms. The summed E-state index contributed by atoms with van der Waals surface area (Å²) in [7, 11) is 0. The molecule has 0 aromatic carbocycles. The monoisotopic (exact) mass is 282 g/mol. The van der Waals surface area contributed by atoms with Crippen molar-refractivity contribution in [1.29, 1.82) is 0 Å². The van der Waals surface area contributed by atoms with Crippen LogP contribution in [0.5, 0.6) is 0 Å². The van der Waals surface area contributed by atoms with Gasteiger partial charge < -0.3 is 0 Å². The van der Waals surface area contributed by atoms with Crippen LogP contribution in [0.4, 0.5) is 0 Å². The van der Waals surface area contributed by atoms with E-state index in [0.29, 0.717) is 16.2 Å². The maximum atomic E-state index is 2.60. The Hall–Kier alpha value is 0. The lowest BCUT2D eigenvalue weighted by Gasteiger charge is -2.57. The standard InChI is InChI=1S/C20H42/c1-10-14-18(6,7)20(9,16-13-17(4)5)19(8,12-3)15-11-2/h17H,10-16H2,1-9H3. The van der Waals surface area contributed by atoms with Crippen LogP contribution in [0.2, 0.25) is 0 Å². The van der Waals surface area contributed by atoms with Gasteiger partial charge in [0, 0.05) is 0 Å². The van der Waals surface area contributed by atoms with Crippen molar-refractivity contribution >= 4 is 0 Å². The van der Waals surface area contributed by atoms with Crippen molar-refractivity contribution in [3.63, 3.8) is 0 Å². The van der Waals surface area contributed by atoms with E-state index in [4.69, 9.17) is 0 Å². The van der Waals surface area contributed by atoms with Crippen molar-refractivity contribution in [2.75, 3.05) is 0 Å². The molecule has 0 saturated heterocycles. The topological polar surface area (TPSA) is 0 Å². The number of hydrogen-bond donors (Lipinski definition) is 0. The van der Waals surface area contributed by atoms with Crippen LogP contribution in [-0.4, -0.2) is 0 Å². The zero-order valence-corrected chi connectivity index (χ0v) is 16.0. The minimum absolute atomic E-state index is 0.427. The first-order valence-corrected chi connectivity index (χ1v) is 9.10. The molecule has 2 atom stereocenters. The Balaban J connectivity index is 5.53. The van der Waals surface area contributed by atoms with Gasteiger partial charge in [-0.2, -0.15) is 0 Å². The molecule has 0 spiro atoms. The Labute approximate surface area is 130 Å². The third kappa shape index (κ3) is 4.25. The summed E-state index contributed by atoms with van der Waals surface area (Å²) in [5.74, 6) is 0.814. The summed E-state index contributed by atoms with van der Waals surface area (Å²) in [5.41, 5.74) is 1.33. The van der Waals surface area contributed by atoms with E-state index in [-0.39, 0.29) is 0 Å². The van der Waals surface area contributed by atoms with Crippen molar-refractivity contribution in [2.45, 2.75) is 107 Å². The molecule has 0 heteroatoms. The highest BCUT2D eigenvalue weighted by atomic mass is 14.6. The number of hydrogen-bond acceptors (Lipinski definition) is 0. The molecular formula is C20H42. The maximum absolute atomic E-state index is 2.60. The Morgan fingerprint density at radius 3 is 1.60 bits per heavy atom. The Kier molecular flexibility index (Phi) is 7.85. The van der Waals surface area contributed by atoms with Crippen LogP contribution in [0.25, 0.3) is 0 Å². The first-order valence-electron chi connectivity index (χ1n) is 9.10. The van der Waals surface area contributed by atoms with Gasteiger partial charge >= 0.3 is 0 Å². The van der Waals surface area contributed by atoms with Crippen LogP contribution in [-0.2, 0) is 0 Å². The van der Waals surface area contributed by atoms with E-state index in [0.717, 1.165) is 5.92 Å². The molecule has 2 unspecified atom stereocenters. The van der Waals surface area contributed by atoms with Gasteiger partial charge in [0.2, 0.25) is 0 Å². The minimum atomic E-state index is 0.427. The van der Waals surface area contributed by atoms with E-state index >= 15 is 0 Å². The van der Waals surface area contributed by atoms with Crippen molar-refractivity contribution in [3.05, 3.63) is 0 Å². The van der Waals surface area contributed by atoms with Crippen LogP contribution in [0.15, 0.2) is 0 Å². The Morgan fingerprint density at radius 1 is 0.750 bits per heavy atom. The average Bonchev–Trinajstić information content (AvgIpc) is 2.35. The van der Waals surface area contributed by atoms with Gasteiger partial charge in [-0.3, -0.25) is 0 Å². The molecule has 0 aliphatic rings. The molecule has 122 valence electrons. The first kappa shape index (κ1) is 20.0. The van der Waals surface area contributed by atoms with Gasteiger partial charge in [0.15, 0.2) is 0 Å². The summed E-state index contributed by atoms with van der Waals surface area (Å²) in [4.78, 5) is 0.